The summed E-state index contributed by atoms with van der Waals surface area (Å²) in [4.78, 5) is 0. The van der Waals surface area contributed by atoms with E-state index in [9.17, 15) is 0 Å². The van der Waals surface area contributed by atoms with E-state index in [0.717, 1.165) is 49.9 Å². The van der Waals surface area contributed by atoms with Gasteiger partial charge in [-0.25, -0.2) is 0 Å². The molecule has 3 heteroatoms. The first-order chi connectivity index (χ1) is 28.3. The molecular formula is C54H32N2O. The maximum atomic E-state index is 7.07. The molecule has 0 radical (unpaired) electrons. The molecule has 0 saturated heterocycles. The fourth-order valence-corrected chi connectivity index (χ4v) is 10.0. The third-order valence-corrected chi connectivity index (χ3v) is 12.2. The second kappa shape index (κ2) is 11.5. The van der Waals surface area contributed by atoms with Crippen molar-refractivity contribution in [1.82, 2.24) is 9.13 Å². The van der Waals surface area contributed by atoms with Crippen LogP contribution in [0.1, 0.15) is 0 Å². The number of hydrogen-bond acceptors (Lipinski definition) is 1. The highest BCUT2D eigenvalue weighted by Gasteiger charge is 2.26. The molecule has 0 fully saturated rings. The molecule has 0 aliphatic rings. The van der Waals surface area contributed by atoms with Gasteiger partial charge in [-0.15, -0.1) is 0 Å². The first-order valence-corrected chi connectivity index (χ1v) is 19.6. The van der Waals surface area contributed by atoms with Gasteiger partial charge in [0.1, 0.15) is 5.58 Å². The molecule has 0 amide bonds. The largest absolute Gasteiger partial charge is 0.454 e. The van der Waals surface area contributed by atoms with Gasteiger partial charge in [-0.3, -0.25) is 0 Å². The predicted octanol–water partition coefficient (Wildman–Crippen LogP) is 14.9. The molecule has 0 aliphatic heterocycles. The standard InChI is InChI=1S/C54H32N2O/c1-2-17-34(18-3-1)55-45-29-11-8-22-39(45)42-28-15-27-36(52(42)55)33-16-14-19-35(32-33)56-46-30-12-9-25-43(46)50-48-40-23-6-4-20-37(40)38-21-5-7-24-41(38)49(48)51-44-26-10-13-31-47(44)57-54(51)53(50)56/h1-32H. The van der Waals surface area contributed by atoms with Crippen molar-refractivity contribution >= 4 is 97.9 Å². The van der Waals surface area contributed by atoms with E-state index in [1.54, 1.807) is 0 Å². The topological polar surface area (TPSA) is 23.0 Å². The Labute approximate surface area is 326 Å². The highest BCUT2D eigenvalue weighted by molar-refractivity contribution is 6.44. The Bertz CT molecular complexity index is 3810. The van der Waals surface area contributed by atoms with E-state index in [0.29, 0.717) is 0 Å². The third kappa shape index (κ3) is 4.10. The zero-order valence-corrected chi connectivity index (χ0v) is 30.8. The van der Waals surface area contributed by atoms with Gasteiger partial charge in [-0.2, -0.15) is 0 Å². The van der Waals surface area contributed by atoms with Crippen LogP contribution >= 0.6 is 0 Å². The molecule has 264 valence electrons. The summed E-state index contributed by atoms with van der Waals surface area (Å²) in [5.74, 6) is 0. The number of aromatic nitrogens is 2. The van der Waals surface area contributed by atoms with Crippen molar-refractivity contribution in [1.29, 1.82) is 0 Å². The number of furan rings is 1. The first kappa shape index (κ1) is 30.7. The van der Waals surface area contributed by atoms with Gasteiger partial charge in [0.2, 0.25) is 0 Å². The van der Waals surface area contributed by atoms with Gasteiger partial charge in [-0.05, 0) is 69.6 Å². The fourth-order valence-electron chi connectivity index (χ4n) is 10.0. The number of nitrogens with zero attached hydrogens (tertiary/aromatic N) is 2. The average Bonchev–Trinajstić information content (AvgIpc) is 3.95. The summed E-state index contributed by atoms with van der Waals surface area (Å²) < 4.78 is 12.0. The number of para-hydroxylation sites is 5. The van der Waals surface area contributed by atoms with Gasteiger partial charge in [0.15, 0.2) is 5.58 Å². The van der Waals surface area contributed by atoms with Crippen LogP contribution in [0.5, 0.6) is 0 Å². The lowest BCUT2D eigenvalue weighted by atomic mass is 9.89. The van der Waals surface area contributed by atoms with Crippen molar-refractivity contribution in [3.8, 4) is 22.5 Å². The summed E-state index contributed by atoms with van der Waals surface area (Å²) in [6.45, 7) is 0. The molecule has 0 bridgehead atoms. The molecule has 0 spiro atoms. The van der Waals surface area contributed by atoms with Crippen molar-refractivity contribution in [3.63, 3.8) is 0 Å². The molecule has 3 aromatic heterocycles. The van der Waals surface area contributed by atoms with Gasteiger partial charge in [0.05, 0.1) is 22.1 Å². The third-order valence-electron chi connectivity index (χ3n) is 12.2. The zero-order chi connectivity index (χ0) is 37.2. The van der Waals surface area contributed by atoms with Gasteiger partial charge < -0.3 is 13.6 Å². The van der Waals surface area contributed by atoms with Crippen LogP contribution in [0.2, 0.25) is 0 Å². The Balaban J connectivity index is 1.20. The van der Waals surface area contributed by atoms with Crippen LogP contribution < -0.4 is 0 Å². The minimum Gasteiger partial charge on any atom is -0.454 e. The number of hydrogen-bond donors (Lipinski definition) is 0. The number of rotatable bonds is 3. The highest BCUT2D eigenvalue weighted by Crippen LogP contribution is 2.50. The van der Waals surface area contributed by atoms with Crippen LogP contribution in [0.3, 0.4) is 0 Å². The van der Waals surface area contributed by atoms with E-state index in [4.69, 9.17) is 4.42 Å². The lowest BCUT2D eigenvalue weighted by Crippen LogP contribution is -1.97. The molecule has 0 aliphatic carbocycles. The minimum atomic E-state index is 0.893. The second-order valence-corrected chi connectivity index (χ2v) is 15.2. The Hall–Kier alpha value is -7.62. The van der Waals surface area contributed by atoms with Crippen LogP contribution in [-0.2, 0) is 0 Å². The normalized spacial score (nSPS) is 12.2. The number of fused-ring (bicyclic) bond motifs is 18. The van der Waals surface area contributed by atoms with Crippen LogP contribution in [0, 0.1) is 0 Å². The second-order valence-electron chi connectivity index (χ2n) is 15.2. The van der Waals surface area contributed by atoms with Crippen LogP contribution in [0.25, 0.3) is 120 Å². The van der Waals surface area contributed by atoms with Crippen LogP contribution in [0.4, 0.5) is 0 Å². The summed E-state index contributed by atoms with van der Waals surface area (Å²) in [5.41, 5.74) is 11.0. The molecule has 13 aromatic rings. The van der Waals surface area contributed by atoms with E-state index in [-0.39, 0.29) is 0 Å². The zero-order valence-electron chi connectivity index (χ0n) is 30.8. The summed E-state index contributed by atoms with van der Waals surface area (Å²) in [6, 6.07) is 70.5. The molecule has 0 unspecified atom stereocenters. The molecule has 3 nitrogen and oxygen atoms in total. The molecule has 0 atom stereocenters. The highest BCUT2D eigenvalue weighted by atomic mass is 16.3. The van der Waals surface area contributed by atoms with Crippen LogP contribution in [0.15, 0.2) is 199 Å². The monoisotopic (exact) mass is 724 g/mol. The minimum absolute atomic E-state index is 0.893. The van der Waals surface area contributed by atoms with E-state index in [1.807, 2.05) is 0 Å². The van der Waals surface area contributed by atoms with E-state index in [2.05, 4.69) is 203 Å². The molecule has 57 heavy (non-hydrogen) atoms. The van der Waals surface area contributed by atoms with Gasteiger partial charge in [-0.1, -0.05) is 152 Å². The average molecular weight is 725 g/mol. The predicted molar refractivity (Wildman–Crippen MR) is 240 cm³/mol. The Morgan fingerprint density at radius 2 is 0.842 bits per heavy atom. The van der Waals surface area contributed by atoms with E-state index in [1.165, 1.54) is 70.5 Å². The van der Waals surface area contributed by atoms with Gasteiger partial charge >= 0.3 is 0 Å². The summed E-state index contributed by atoms with van der Waals surface area (Å²) in [5, 5.41) is 14.7. The van der Waals surface area contributed by atoms with Crippen molar-refractivity contribution < 1.29 is 4.42 Å². The SMILES string of the molecule is c1ccc(-n2c3ccccc3c3cccc(-c4cccc(-n5c6ccccc6c6c7c8ccccc8c8ccccc8c7c7c8ccccc8oc7c65)c4)c32)cc1. The molecular weight excluding hydrogens is 693 g/mol. The van der Waals surface area contributed by atoms with Crippen molar-refractivity contribution in [2.24, 2.45) is 0 Å². The van der Waals surface area contributed by atoms with Crippen molar-refractivity contribution in [2.75, 3.05) is 0 Å². The maximum absolute atomic E-state index is 7.07. The molecule has 0 saturated carbocycles. The molecule has 3 heterocycles. The van der Waals surface area contributed by atoms with E-state index < -0.39 is 0 Å². The Kier molecular flexibility index (Phi) is 6.16. The Morgan fingerprint density at radius 1 is 0.316 bits per heavy atom. The lowest BCUT2D eigenvalue weighted by molar-refractivity contribution is 0.671. The van der Waals surface area contributed by atoms with Crippen molar-refractivity contribution in [2.45, 2.75) is 0 Å². The fraction of sp³-hybridized carbons (Fsp3) is 0. The van der Waals surface area contributed by atoms with Crippen LogP contribution in [-0.4, -0.2) is 9.13 Å². The number of benzene rings is 10. The van der Waals surface area contributed by atoms with Crippen molar-refractivity contribution in [3.05, 3.63) is 194 Å². The summed E-state index contributed by atoms with van der Waals surface area (Å²) in [6.07, 6.45) is 0. The van der Waals surface area contributed by atoms with Gasteiger partial charge in [0, 0.05) is 60.0 Å². The summed E-state index contributed by atoms with van der Waals surface area (Å²) in [7, 11) is 0. The quantitative estimate of drug-likeness (QED) is 0.166. The smallest absolute Gasteiger partial charge is 0.160 e. The first-order valence-electron chi connectivity index (χ1n) is 19.6. The molecule has 13 rings (SSSR count). The molecule has 10 aromatic carbocycles. The molecule has 0 N–H and O–H groups in total. The maximum Gasteiger partial charge on any atom is 0.160 e. The van der Waals surface area contributed by atoms with Gasteiger partial charge in [0.25, 0.3) is 0 Å². The summed E-state index contributed by atoms with van der Waals surface area (Å²) >= 11 is 0. The Morgan fingerprint density at radius 3 is 1.60 bits per heavy atom. The lowest BCUT2D eigenvalue weighted by Gasteiger charge is -2.15. The van der Waals surface area contributed by atoms with E-state index >= 15 is 0 Å².